The Balaban J connectivity index is 2.56. The topological polar surface area (TPSA) is 55.8 Å². The average Bonchev–Trinajstić information content (AvgIpc) is 2.31. The maximum Gasteiger partial charge on any atom is 0.338 e. The van der Waals surface area contributed by atoms with E-state index in [0.717, 1.165) is 0 Å². The Morgan fingerprint density at radius 3 is 2.53 bits per heavy atom. The number of halogens is 1. The van der Waals surface area contributed by atoms with Crippen LogP contribution in [0.4, 0.5) is 0 Å². The van der Waals surface area contributed by atoms with Crippen LogP contribution in [0, 0.1) is 0 Å². The molecule has 0 fully saturated rings. The van der Waals surface area contributed by atoms with Crippen LogP contribution in [0.15, 0.2) is 24.3 Å². The first-order valence-electron chi connectivity index (χ1n) is 5.31. The van der Waals surface area contributed by atoms with Gasteiger partial charge in [-0.2, -0.15) is 0 Å². The van der Waals surface area contributed by atoms with Crippen molar-refractivity contribution in [2.24, 2.45) is 0 Å². The number of carbonyl (C=O) groups is 1. The van der Waals surface area contributed by atoms with E-state index in [9.17, 15) is 9.90 Å². The number of benzene rings is 1. The molecule has 0 aromatic heterocycles. The van der Waals surface area contributed by atoms with Gasteiger partial charge < -0.3 is 14.6 Å². The third-order valence-electron chi connectivity index (χ3n) is 2.11. The predicted molar refractivity (Wildman–Crippen MR) is 64.2 cm³/mol. The Labute approximate surface area is 105 Å². The van der Waals surface area contributed by atoms with Crippen molar-refractivity contribution in [2.75, 3.05) is 6.61 Å². The van der Waals surface area contributed by atoms with Crippen molar-refractivity contribution < 1.29 is 19.4 Å². The van der Waals surface area contributed by atoms with Gasteiger partial charge in [0, 0.05) is 5.02 Å². The van der Waals surface area contributed by atoms with Gasteiger partial charge in [-0.3, -0.25) is 0 Å². The second kappa shape index (κ2) is 6.47. The summed E-state index contributed by atoms with van der Waals surface area (Å²) in [6, 6.07) is 6.66. The summed E-state index contributed by atoms with van der Waals surface area (Å²) in [6.07, 6.45) is -1.99. The van der Waals surface area contributed by atoms with E-state index in [2.05, 4.69) is 0 Å². The van der Waals surface area contributed by atoms with Crippen molar-refractivity contribution >= 4 is 17.6 Å². The normalized spacial score (nSPS) is 13.9. The number of aliphatic hydroxyl groups excluding tert-OH is 1. The number of carbonyl (C=O) groups excluding carboxylic acids is 1. The van der Waals surface area contributed by atoms with Gasteiger partial charge in [0.25, 0.3) is 0 Å². The summed E-state index contributed by atoms with van der Waals surface area (Å²) >= 11 is 5.72. The summed E-state index contributed by atoms with van der Waals surface area (Å²) in [5.74, 6) is -0.154. The van der Waals surface area contributed by atoms with Crippen LogP contribution in [-0.4, -0.2) is 29.9 Å². The van der Waals surface area contributed by atoms with Crippen LogP contribution in [0.25, 0.3) is 0 Å². The molecule has 0 heterocycles. The fourth-order valence-corrected chi connectivity index (χ4v) is 1.34. The number of hydrogen-bond acceptors (Lipinski definition) is 4. The fraction of sp³-hybridized carbons (Fsp3) is 0.417. The second-order valence-electron chi connectivity index (χ2n) is 3.47. The van der Waals surface area contributed by atoms with Gasteiger partial charge in [-0.1, -0.05) is 11.6 Å². The summed E-state index contributed by atoms with van der Waals surface area (Å²) in [5, 5.41) is 10.2. The zero-order chi connectivity index (χ0) is 12.8. The van der Waals surface area contributed by atoms with Gasteiger partial charge in [-0.15, -0.1) is 0 Å². The van der Waals surface area contributed by atoms with Crippen LogP contribution < -0.4 is 4.74 Å². The maximum atomic E-state index is 11.3. The number of esters is 1. The SMILES string of the molecule is CCOC(=O)[C@H](O)[C@@H](C)Oc1ccc(Cl)cc1. The lowest BCUT2D eigenvalue weighted by Crippen LogP contribution is -2.37. The van der Waals surface area contributed by atoms with E-state index in [1.807, 2.05) is 0 Å². The standard InChI is InChI=1S/C12H15ClO4/c1-3-16-12(15)11(14)8(2)17-10-6-4-9(13)5-7-10/h4-8,11,14H,3H2,1-2H3/t8-,11-/m1/s1. The molecule has 4 nitrogen and oxygen atoms in total. The van der Waals surface area contributed by atoms with Crippen LogP contribution in [0.3, 0.4) is 0 Å². The highest BCUT2D eigenvalue weighted by Crippen LogP contribution is 2.17. The summed E-state index contributed by atoms with van der Waals surface area (Å²) in [5.41, 5.74) is 0. The van der Waals surface area contributed by atoms with Crippen molar-refractivity contribution in [3.05, 3.63) is 29.3 Å². The Kier molecular flexibility index (Phi) is 5.25. The predicted octanol–water partition coefficient (Wildman–Crippen LogP) is 2.03. The van der Waals surface area contributed by atoms with Crippen molar-refractivity contribution in [2.45, 2.75) is 26.1 Å². The van der Waals surface area contributed by atoms with Gasteiger partial charge in [0.15, 0.2) is 6.10 Å². The van der Waals surface area contributed by atoms with Crippen LogP contribution in [0.5, 0.6) is 5.75 Å². The van der Waals surface area contributed by atoms with Crippen LogP contribution in [0.1, 0.15) is 13.8 Å². The molecule has 0 radical (unpaired) electrons. The van der Waals surface area contributed by atoms with E-state index in [0.29, 0.717) is 10.8 Å². The molecule has 0 saturated carbocycles. The average molecular weight is 259 g/mol. The Morgan fingerprint density at radius 1 is 1.41 bits per heavy atom. The molecule has 1 aromatic carbocycles. The first-order valence-corrected chi connectivity index (χ1v) is 5.69. The monoisotopic (exact) mass is 258 g/mol. The van der Waals surface area contributed by atoms with Crippen LogP contribution >= 0.6 is 11.6 Å². The third kappa shape index (κ3) is 4.24. The molecule has 1 aromatic rings. The molecule has 1 N–H and O–H groups in total. The summed E-state index contributed by atoms with van der Waals surface area (Å²) in [4.78, 5) is 11.3. The second-order valence-corrected chi connectivity index (χ2v) is 3.91. The quantitative estimate of drug-likeness (QED) is 0.821. The number of rotatable bonds is 5. The molecule has 0 aliphatic heterocycles. The van der Waals surface area contributed by atoms with Gasteiger partial charge in [0.2, 0.25) is 0 Å². The largest absolute Gasteiger partial charge is 0.487 e. The zero-order valence-electron chi connectivity index (χ0n) is 9.72. The Hall–Kier alpha value is -1.26. The van der Waals surface area contributed by atoms with E-state index in [4.69, 9.17) is 21.1 Å². The summed E-state index contributed by atoms with van der Waals surface area (Å²) in [6.45, 7) is 3.50. The van der Waals surface area contributed by atoms with Crippen molar-refractivity contribution in [3.8, 4) is 5.75 Å². The first kappa shape index (κ1) is 13.8. The van der Waals surface area contributed by atoms with Gasteiger partial charge >= 0.3 is 5.97 Å². The highest BCUT2D eigenvalue weighted by Gasteiger charge is 2.25. The van der Waals surface area contributed by atoms with E-state index in [1.54, 1.807) is 38.1 Å². The number of hydrogen-bond donors (Lipinski definition) is 1. The number of aliphatic hydroxyl groups is 1. The molecule has 0 bridgehead atoms. The highest BCUT2D eigenvalue weighted by atomic mass is 35.5. The lowest BCUT2D eigenvalue weighted by molar-refractivity contribution is -0.157. The molecule has 5 heteroatoms. The lowest BCUT2D eigenvalue weighted by atomic mass is 10.2. The molecule has 94 valence electrons. The molecular weight excluding hydrogens is 244 g/mol. The molecule has 0 aliphatic rings. The van der Waals surface area contributed by atoms with Gasteiger partial charge in [0.1, 0.15) is 11.9 Å². The fourth-order valence-electron chi connectivity index (χ4n) is 1.21. The van der Waals surface area contributed by atoms with Crippen LogP contribution in [-0.2, 0) is 9.53 Å². The van der Waals surface area contributed by atoms with Crippen molar-refractivity contribution in [1.82, 2.24) is 0 Å². The van der Waals surface area contributed by atoms with E-state index < -0.39 is 18.2 Å². The molecular formula is C12H15ClO4. The maximum absolute atomic E-state index is 11.3. The minimum absolute atomic E-state index is 0.226. The highest BCUT2D eigenvalue weighted by molar-refractivity contribution is 6.30. The van der Waals surface area contributed by atoms with Crippen molar-refractivity contribution in [3.63, 3.8) is 0 Å². The molecule has 0 aliphatic carbocycles. The number of ether oxygens (including phenoxy) is 2. The zero-order valence-corrected chi connectivity index (χ0v) is 10.5. The van der Waals surface area contributed by atoms with Gasteiger partial charge in [-0.25, -0.2) is 4.79 Å². The molecule has 0 unspecified atom stereocenters. The molecule has 0 spiro atoms. The van der Waals surface area contributed by atoms with E-state index >= 15 is 0 Å². The summed E-state index contributed by atoms with van der Waals surface area (Å²) < 4.78 is 10.1. The van der Waals surface area contributed by atoms with Crippen molar-refractivity contribution in [1.29, 1.82) is 0 Å². The van der Waals surface area contributed by atoms with E-state index in [-0.39, 0.29) is 6.61 Å². The molecule has 0 amide bonds. The smallest absolute Gasteiger partial charge is 0.338 e. The molecule has 2 atom stereocenters. The van der Waals surface area contributed by atoms with Crippen LogP contribution in [0.2, 0.25) is 5.02 Å². The minimum Gasteiger partial charge on any atom is -0.487 e. The van der Waals surface area contributed by atoms with E-state index in [1.165, 1.54) is 0 Å². The Bertz CT molecular complexity index is 363. The Morgan fingerprint density at radius 2 is 2.00 bits per heavy atom. The van der Waals surface area contributed by atoms with Gasteiger partial charge in [-0.05, 0) is 38.1 Å². The molecule has 17 heavy (non-hydrogen) atoms. The molecule has 1 rings (SSSR count). The van der Waals surface area contributed by atoms with Gasteiger partial charge in [0.05, 0.1) is 6.61 Å². The summed E-state index contributed by atoms with van der Waals surface area (Å²) in [7, 11) is 0. The minimum atomic E-state index is -1.30. The molecule has 0 saturated heterocycles. The third-order valence-corrected chi connectivity index (χ3v) is 2.36. The first-order chi connectivity index (χ1) is 8.04. The lowest BCUT2D eigenvalue weighted by Gasteiger charge is -2.19.